The lowest BCUT2D eigenvalue weighted by Crippen LogP contribution is -2.60. The van der Waals surface area contributed by atoms with Crippen LogP contribution in [-0.2, 0) is 31.0 Å². The molecule has 1 N–H and O–H groups in total. The Labute approximate surface area is 212 Å². The minimum absolute atomic E-state index is 0.0593. The average molecular weight is 554 g/mol. The van der Waals surface area contributed by atoms with Crippen molar-refractivity contribution in [3.63, 3.8) is 0 Å². The minimum Gasteiger partial charge on any atom is -0.324 e. The van der Waals surface area contributed by atoms with Crippen LogP contribution in [0.1, 0.15) is 5.56 Å². The zero-order valence-electron chi connectivity index (χ0n) is 19.2. The normalized spacial score (nSPS) is 17.9. The van der Waals surface area contributed by atoms with E-state index in [4.69, 9.17) is 0 Å². The molecule has 0 aromatic heterocycles. The monoisotopic (exact) mass is 553 g/mol. The number of nitrogens with zero attached hydrogens (tertiary/aromatic N) is 2. The lowest BCUT2D eigenvalue weighted by Gasteiger charge is -2.39. The first-order chi connectivity index (χ1) is 17.4. The summed E-state index contributed by atoms with van der Waals surface area (Å²) < 4.78 is 95.5. The lowest BCUT2D eigenvalue weighted by molar-refractivity contribution is -0.137. The molecule has 1 fully saturated rings. The molecule has 8 nitrogen and oxygen atoms in total. The molecule has 1 unspecified atom stereocenters. The van der Waals surface area contributed by atoms with Crippen LogP contribution in [0.25, 0.3) is 0 Å². The highest BCUT2D eigenvalue weighted by Crippen LogP contribution is 2.35. The lowest BCUT2D eigenvalue weighted by atomic mass is 10.1. The maximum Gasteiger partial charge on any atom is 0.418 e. The van der Waals surface area contributed by atoms with Gasteiger partial charge in [0.05, 0.1) is 21.0 Å². The van der Waals surface area contributed by atoms with Gasteiger partial charge < -0.3 is 5.32 Å². The molecule has 0 spiro atoms. The zero-order chi connectivity index (χ0) is 26.8. The van der Waals surface area contributed by atoms with E-state index >= 15 is 0 Å². The van der Waals surface area contributed by atoms with Crippen molar-refractivity contribution in [2.75, 3.05) is 25.0 Å². The maximum atomic E-state index is 13.5. The highest BCUT2D eigenvalue weighted by molar-refractivity contribution is 7.89. The Morgan fingerprint density at radius 3 is 1.84 bits per heavy atom. The molecule has 4 rings (SSSR count). The Morgan fingerprint density at radius 2 is 1.27 bits per heavy atom. The topological polar surface area (TPSA) is 104 Å². The summed E-state index contributed by atoms with van der Waals surface area (Å²) >= 11 is 0. The van der Waals surface area contributed by atoms with E-state index in [-0.39, 0.29) is 22.9 Å². The van der Waals surface area contributed by atoms with E-state index in [1.807, 2.05) is 0 Å². The number of piperazine rings is 1. The van der Waals surface area contributed by atoms with Crippen molar-refractivity contribution in [1.82, 2.24) is 8.61 Å². The van der Waals surface area contributed by atoms with Gasteiger partial charge in [-0.05, 0) is 36.4 Å². The predicted molar refractivity (Wildman–Crippen MR) is 129 cm³/mol. The fourth-order valence-corrected chi connectivity index (χ4v) is 7.04. The van der Waals surface area contributed by atoms with Crippen LogP contribution in [0.4, 0.5) is 18.9 Å². The highest BCUT2D eigenvalue weighted by Gasteiger charge is 2.44. The number of sulfonamides is 2. The summed E-state index contributed by atoms with van der Waals surface area (Å²) in [4.78, 5) is 13.1. The number of rotatable bonds is 6. The van der Waals surface area contributed by atoms with E-state index in [9.17, 15) is 34.8 Å². The van der Waals surface area contributed by atoms with Crippen LogP contribution >= 0.6 is 0 Å². The van der Waals surface area contributed by atoms with Gasteiger partial charge in [0, 0.05) is 19.6 Å². The summed E-state index contributed by atoms with van der Waals surface area (Å²) in [6.45, 7) is -1.24. The molecule has 37 heavy (non-hydrogen) atoms. The number of para-hydroxylation sites is 1. The van der Waals surface area contributed by atoms with Gasteiger partial charge in [0.1, 0.15) is 6.04 Å². The average Bonchev–Trinajstić information content (AvgIpc) is 2.89. The largest absolute Gasteiger partial charge is 0.418 e. The van der Waals surface area contributed by atoms with Crippen LogP contribution in [0.5, 0.6) is 0 Å². The molecule has 3 aromatic rings. The molecule has 0 aliphatic carbocycles. The second kappa shape index (κ2) is 10.2. The van der Waals surface area contributed by atoms with Crippen molar-refractivity contribution in [2.45, 2.75) is 22.0 Å². The molecule has 1 heterocycles. The number of amides is 1. The molecule has 13 heteroatoms. The number of hydrogen-bond acceptors (Lipinski definition) is 5. The summed E-state index contributed by atoms with van der Waals surface area (Å²) in [7, 11) is -8.41. The number of halogens is 3. The second-order valence-electron chi connectivity index (χ2n) is 8.15. The summed E-state index contributed by atoms with van der Waals surface area (Å²) in [6, 6.07) is 17.2. The quantitative estimate of drug-likeness (QED) is 0.504. The number of carbonyl (C=O) groups is 1. The van der Waals surface area contributed by atoms with Crippen LogP contribution in [0.3, 0.4) is 0 Å². The first-order valence-corrected chi connectivity index (χ1v) is 13.9. The summed E-state index contributed by atoms with van der Waals surface area (Å²) in [6.07, 6.45) is -4.78. The molecular weight excluding hydrogens is 531 g/mol. The van der Waals surface area contributed by atoms with Gasteiger partial charge in [-0.25, -0.2) is 16.8 Å². The van der Waals surface area contributed by atoms with Crippen molar-refractivity contribution in [2.24, 2.45) is 0 Å². The number of anilines is 1. The molecule has 0 saturated carbocycles. The third-order valence-electron chi connectivity index (χ3n) is 5.82. The van der Waals surface area contributed by atoms with Crippen molar-refractivity contribution >= 4 is 31.6 Å². The van der Waals surface area contributed by atoms with Crippen LogP contribution in [-0.4, -0.2) is 57.0 Å². The van der Waals surface area contributed by atoms with Crippen LogP contribution in [0, 0.1) is 0 Å². The predicted octanol–water partition coefficient (Wildman–Crippen LogP) is 3.41. The number of hydrogen-bond donors (Lipinski definition) is 1. The zero-order valence-corrected chi connectivity index (χ0v) is 20.8. The third kappa shape index (κ3) is 5.54. The Bertz CT molecular complexity index is 1480. The summed E-state index contributed by atoms with van der Waals surface area (Å²) in [5.41, 5.74) is -1.69. The Balaban J connectivity index is 1.72. The fourth-order valence-electron chi connectivity index (χ4n) is 3.99. The smallest absolute Gasteiger partial charge is 0.324 e. The molecule has 1 aliphatic heterocycles. The van der Waals surface area contributed by atoms with Crippen LogP contribution in [0.15, 0.2) is 94.7 Å². The van der Waals surface area contributed by atoms with E-state index < -0.39 is 56.0 Å². The van der Waals surface area contributed by atoms with Gasteiger partial charge in [-0.3, -0.25) is 4.79 Å². The van der Waals surface area contributed by atoms with Gasteiger partial charge in [-0.2, -0.15) is 21.8 Å². The second-order valence-corrected chi connectivity index (χ2v) is 12.0. The first kappa shape index (κ1) is 26.8. The molecule has 1 aliphatic rings. The van der Waals surface area contributed by atoms with Crippen molar-refractivity contribution in [1.29, 1.82) is 0 Å². The van der Waals surface area contributed by atoms with Gasteiger partial charge in [0.25, 0.3) is 0 Å². The standard InChI is InChI=1S/C24H22F3N3O5S2/c25-24(26,27)20-13-7-8-14-21(20)28-23(31)22-17-29(36(32,33)18-9-3-1-4-10-18)15-16-30(22)37(34,35)19-11-5-2-6-12-19/h1-14,22H,15-17H2,(H,28,31). The first-order valence-electron chi connectivity index (χ1n) is 11.0. The van der Waals surface area contributed by atoms with Gasteiger partial charge in [0.15, 0.2) is 0 Å². The Hall–Kier alpha value is -3.26. The number of nitrogens with one attached hydrogen (secondary N) is 1. The van der Waals surface area contributed by atoms with Gasteiger partial charge >= 0.3 is 6.18 Å². The van der Waals surface area contributed by atoms with Gasteiger partial charge in [-0.1, -0.05) is 48.5 Å². The molecular formula is C24H22F3N3O5S2. The molecule has 0 radical (unpaired) electrons. The van der Waals surface area contributed by atoms with Crippen LogP contribution in [0.2, 0.25) is 0 Å². The Kier molecular flexibility index (Phi) is 7.42. The molecule has 3 aromatic carbocycles. The van der Waals surface area contributed by atoms with E-state index in [1.54, 1.807) is 12.1 Å². The number of benzene rings is 3. The van der Waals surface area contributed by atoms with Crippen molar-refractivity contribution < 1.29 is 34.8 Å². The highest BCUT2D eigenvalue weighted by atomic mass is 32.2. The maximum absolute atomic E-state index is 13.5. The van der Waals surface area contributed by atoms with E-state index in [0.29, 0.717) is 0 Å². The number of alkyl halides is 3. The number of carbonyl (C=O) groups excluding carboxylic acids is 1. The third-order valence-corrected chi connectivity index (χ3v) is 9.62. The van der Waals surface area contributed by atoms with Gasteiger partial charge in [0.2, 0.25) is 26.0 Å². The van der Waals surface area contributed by atoms with E-state index in [1.165, 1.54) is 54.6 Å². The molecule has 196 valence electrons. The SMILES string of the molecule is O=C(Nc1ccccc1C(F)(F)F)C1CN(S(=O)(=O)c2ccccc2)CCN1S(=O)(=O)c1ccccc1. The van der Waals surface area contributed by atoms with Gasteiger partial charge in [-0.15, -0.1) is 0 Å². The van der Waals surface area contributed by atoms with E-state index in [0.717, 1.165) is 26.8 Å². The van der Waals surface area contributed by atoms with Crippen molar-refractivity contribution in [3.05, 3.63) is 90.5 Å². The minimum atomic E-state index is -4.78. The molecule has 1 atom stereocenters. The fraction of sp³-hybridized carbons (Fsp3) is 0.208. The molecule has 1 amide bonds. The Morgan fingerprint density at radius 1 is 0.757 bits per heavy atom. The molecule has 0 bridgehead atoms. The molecule has 1 saturated heterocycles. The van der Waals surface area contributed by atoms with Crippen LogP contribution < -0.4 is 5.32 Å². The van der Waals surface area contributed by atoms with E-state index in [2.05, 4.69) is 5.32 Å². The summed E-state index contributed by atoms with van der Waals surface area (Å²) in [5.74, 6) is -1.09. The van der Waals surface area contributed by atoms with Crippen molar-refractivity contribution in [3.8, 4) is 0 Å². The summed E-state index contributed by atoms with van der Waals surface area (Å²) in [5, 5.41) is 2.17.